The van der Waals surface area contributed by atoms with Gasteiger partial charge in [0.2, 0.25) is 10.0 Å². The number of ether oxygens (including phenoxy) is 2. The lowest BCUT2D eigenvalue weighted by atomic mass is 9.94. The van der Waals surface area contributed by atoms with Gasteiger partial charge in [-0.25, -0.2) is 8.42 Å². The van der Waals surface area contributed by atoms with E-state index in [1.807, 2.05) is 54.6 Å². The van der Waals surface area contributed by atoms with Crippen molar-refractivity contribution in [3.05, 3.63) is 89.5 Å². The maximum Gasteiger partial charge on any atom is 0.232 e. The SMILES string of the molecule is COc1ccc(C(C)C(C)NC[C@@H](O)COc2ccc(N(Cc3ccccc3)S(C)(=O)=O)cc2C#N)cc1. The molecule has 2 N–H and O–H groups in total. The van der Waals surface area contributed by atoms with E-state index in [9.17, 15) is 18.8 Å². The number of nitriles is 1. The van der Waals surface area contributed by atoms with Gasteiger partial charge in [-0.2, -0.15) is 5.26 Å². The minimum Gasteiger partial charge on any atom is -0.497 e. The topological polar surface area (TPSA) is 112 Å². The molecule has 0 amide bonds. The van der Waals surface area contributed by atoms with Gasteiger partial charge in [0.05, 0.1) is 31.2 Å². The van der Waals surface area contributed by atoms with Crippen molar-refractivity contribution in [1.29, 1.82) is 5.26 Å². The van der Waals surface area contributed by atoms with Crippen LogP contribution in [-0.2, 0) is 16.6 Å². The van der Waals surface area contributed by atoms with Crippen molar-refractivity contribution in [2.24, 2.45) is 0 Å². The average molecular weight is 538 g/mol. The number of hydrogen-bond acceptors (Lipinski definition) is 7. The summed E-state index contributed by atoms with van der Waals surface area (Å²) in [5.74, 6) is 1.29. The summed E-state index contributed by atoms with van der Waals surface area (Å²) in [5.41, 5.74) is 2.53. The number of nitrogens with one attached hydrogen (secondary N) is 1. The van der Waals surface area contributed by atoms with Crippen LogP contribution < -0.4 is 19.1 Å². The molecule has 202 valence electrons. The second-order valence-electron chi connectivity index (χ2n) is 9.27. The number of methoxy groups -OCH3 is 1. The molecule has 0 aromatic heterocycles. The number of hydrogen-bond donors (Lipinski definition) is 2. The van der Waals surface area contributed by atoms with Crippen LogP contribution in [0.3, 0.4) is 0 Å². The summed E-state index contributed by atoms with van der Waals surface area (Å²) < 4.78 is 37.2. The Hall–Kier alpha value is -3.58. The molecule has 2 unspecified atom stereocenters. The second-order valence-corrected chi connectivity index (χ2v) is 11.2. The molecule has 0 bridgehead atoms. The molecule has 3 atom stereocenters. The zero-order valence-electron chi connectivity index (χ0n) is 22.2. The lowest BCUT2D eigenvalue weighted by molar-refractivity contribution is 0.103. The third kappa shape index (κ3) is 7.96. The third-order valence-electron chi connectivity index (χ3n) is 6.44. The number of nitrogens with zero attached hydrogens (tertiary/aromatic N) is 2. The van der Waals surface area contributed by atoms with Gasteiger partial charge in [0.1, 0.15) is 30.3 Å². The minimum absolute atomic E-state index is 0.0233. The molecule has 3 aromatic rings. The highest BCUT2D eigenvalue weighted by Gasteiger charge is 2.20. The fourth-order valence-electron chi connectivity index (χ4n) is 3.98. The van der Waals surface area contributed by atoms with E-state index in [4.69, 9.17) is 9.47 Å². The predicted octanol–water partition coefficient (Wildman–Crippen LogP) is 4.05. The monoisotopic (exact) mass is 537 g/mol. The molecule has 9 heteroatoms. The Morgan fingerprint density at radius 3 is 2.34 bits per heavy atom. The van der Waals surface area contributed by atoms with E-state index in [1.165, 1.54) is 10.4 Å². The van der Waals surface area contributed by atoms with Crippen LogP contribution in [0.15, 0.2) is 72.8 Å². The van der Waals surface area contributed by atoms with Crippen molar-refractivity contribution in [3.8, 4) is 17.6 Å². The van der Waals surface area contributed by atoms with Crippen LogP contribution in [0.25, 0.3) is 0 Å². The highest BCUT2D eigenvalue weighted by atomic mass is 32.2. The van der Waals surface area contributed by atoms with Crippen LogP contribution >= 0.6 is 0 Å². The molecule has 3 aromatic carbocycles. The number of rotatable bonds is 13. The fraction of sp³-hybridized carbons (Fsp3) is 0.345. The van der Waals surface area contributed by atoms with Crippen molar-refractivity contribution in [2.45, 2.75) is 38.5 Å². The molecular formula is C29H35N3O5S. The van der Waals surface area contributed by atoms with Crippen molar-refractivity contribution in [1.82, 2.24) is 5.32 Å². The molecule has 0 fully saturated rings. The van der Waals surface area contributed by atoms with Crippen molar-refractivity contribution in [2.75, 3.05) is 30.8 Å². The van der Waals surface area contributed by atoms with Gasteiger partial charge in [-0.3, -0.25) is 4.31 Å². The van der Waals surface area contributed by atoms with Gasteiger partial charge in [0.15, 0.2) is 0 Å². The van der Waals surface area contributed by atoms with E-state index in [0.717, 1.165) is 23.1 Å². The summed E-state index contributed by atoms with van der Waals surface area (Å²) in [5, 5.41) is 23.5. The van der Waals surface area contributed by atoms with Crippen molar-refractivity contribution >= 4 is 15.7 Å². The Kier molecular flexibility index (Phi) is 10.1. The molecule has 0 saturated heterocycles. The summed E-state index contributed by atoms with van der Waals surface area (Å²) in [6.45, 7) is 4.59. The third-order valence-corrected chi connectivity index (χ3v) is 7.58. The smallest absolute Gasteiger partial charge is 0.232 e. The van der Waals surface area contributed by atoms with Crippen LogP contribution in [0, 0.1) is 11.3 Å². The van der Waals surface area contributed by atoms with Gasteiger partial charge in [0, 0.05) is 12.6 Å². The molecule has 0 aliphatic heterocycles. The van der Waals surface area contributed by atoms with Crippen LogP contribution in [0.2, 0.25) is 0 Å². The Labute approximate surface area is 225 Å². The van der Waals surface area contributed by atoms with Gasteiger partial charge in [0.25, 0.3) is 0 Å². The van der Waals surface area contributed by atoms with Gasteiger partial charge < -0.3 is 19.9 Å². The number of sulfonamides is 1. The predicted molar refractivity (Wildman–Crippen MR) is 149 cm³/mol. The zero-order chi connectivity index (χ0) is 27.7. The molecule has 3 rings (SSSR count). The Balaban J connectivity index is 1.60. The van der Waals surface area contributed by atoms with E-state index in [2.05, 4.69) is 25.2 Å². The van der Waals surface area contributed by atoms with Gasteiger partial charge in [-0.1, -0.05) is 49.4 Å². The minimum atomic E-state index is -3.60. The standard InChI is InChI=1S/C29H35N3O5S/c1-21(24-10-13-28(36-3)14-11-24)22(2)31-18-27(33)20-37-29-15-12-26(16-25(29)17-30)32(38(4,34)35)19-23-8-6-5-7-9-23/h5-16,21-22,27,31,33H,18-20H2,1-4H3/t21?,22?,27-/m1/s1. The Bertz CT molecular complexity index is 1320. The van der Waals surface area contributed by atoms with Crippen LogP contribution in [0.5, 0.6) is 11.5 Å². The molecule has 0 aliphatic carbocycles. The molecule has 0 heterocycles. The molecule has 0 spiro atoms. The number of aliphatic hydroxyl groups excluding tert-OH is 1. The first-order valence-corrected chi connectivity index (χ1v) is 14.2. The first-order chi connectivity index (χ1) is 18.1. The van der Waals surface area contributed by atoms with Crippen molar-refractivity contribution in [3.63, 3.8) is 0 Å². The number of anilines is 1. The molecule has 8 nitrogen and oxygen atoms in total. The molecule has 0 aliphatic rings. The maximum atomic E-state index is 12.5. The summed E-state index contributed by atoms with van der Waals surface area (Å²) in [4.78, 5) is 0. The van der Waals surface area contributed by atoms with Gasteiger partial charge in [-0.05, 0) is 54.3 Å². The van der Waals surface area contributed by atoms with Crippen LogP contribution in [-0.4, -0.2) is 52.2 Å². The summed E-state index contributed by atoms with van der Waals surface area (Å²) in [7, 11) is -1.96. The van der Waals surface area contributed by atoms with E-state index in [1.54, 1.807) is 19.2 Å². The number of aliphatic hydroxyl groups is 1. The highest BCUT2D eigenvalue weighted by molar-refractivity contribution is 7.92. The largest absolute Gasteiger partial charge is 0.497 e. The average Bonchev–Trinajstić information content (AvgIpc) is 2.93. The van der Waals surface area contributed by atoms with E-state index < -0.39 is 16.1 Å². The Morgan fingerprint density at radius 2 is 1.74 bits per heavy atom. The maximum absolute atomic E-state index is 12.5. The Morgan fingerprint density at radius 1 is 1.05 bits per heavy atom. The highest BCUT2D eigenvalue weighted by Crippen LogP contribution is 2.28. The summed E-state index contributed by atoms with van der Waals surface area (Å²) in [6, 6.07) is 24.0. The summed E-state index contributed by atoms with van der Waals surface area (Å²) in [6.07, 6.45) is 0.323. The molecular weight excluding hydrogens is 502 g/mol. The fourth-order valence-corrected chi connectivity index (χ4v) is 4.86. The van der Waals surface area contributed by atoms with E-state index in [-0.39, 0.29) is 36.4 Å². The lowest BCUT2D eigenvalue weighted by Crippen LogP contribution is -2.39. The summed E-state index contributed by atoms with van der Waals surface area (Å²) >= 11 is 0. The molecule has 0 saturated carbocycles. The van der Waals surface area contributed by atoms with Crippen molar-refractivity contribution < 1.29 is 23.0 Å². The van der Waals surface area contributed by atoms with Crippen LogP contribution in [0.4, 0.5) is 5.69 Å². The van der Waals surface area contributed by atoms with E-state index >= 15 is 0 Å². The first-order valence-electron chi connectivity index (χ1n) is 12.4. The first kappa shape index (κ1) is 29.0. The molecule has 0 radical (unpaired) electrons. The van der Waals surface area contributed by atoms with E-state index in [0.29, 0.717) is 12.2 Å². The molecule has 38 heavy (non-hydrogen) atoms. The van der Waals surface area contributed by atoms with Crippen LogP contribution in [0.1, 0.15) is 36.5 Å². The van der Waals surface area contributed by atoms with Gasteiger partial charge in [-0.15, -0.1) is 0 Å². The van der Waals surface area contributed by atoms with Gasteiger partial charge >= 0.3 is 0 Å². The normalized spacial score (nSPS) is 13.7. The quantitative estimate of drug-likeness (QED) is 0.338. The second kappa shape index (κ2) is 13.3. The lowest BCUT2D eigenvalue weighted by Gasteiger charge is -2.24. The zero-order valence-corrected chi connectivity index (χ0v) is 23.0. The number of benzene rings is 3.